The van der Waals surface area contributed by atoms with Gasteiger partial charge < -0.3 is 4.74 Å². The molecule has 0 unspecified atom stereocenters. The highest BCUT2D eigenvalue weighted by atomic mass is 16.5. The lowest BCUT2D eigenvalue weighted by Gasteiger charge is -2.33. The molecule has 3 aromatic rings. The van der Waals surface area contributed by atoms with Crippen molar-refractivity contribution in [1.29, 1.82) is 0 Å². The fourth-order valence-corrected chi connectivity index (χ4v) is 4.39. The molecule has 1 aromatic carbocycles. The lowest BCUT2D eigenvalue weighted by Crippen LogP contribution is -2.42. The van der Waals surface area contributed by atoms with Crippen LogP contribution in [0.3, 0.4) is 0 Å². The van der Waals surface area contributed by atoms with Crippen molar-refractivity contribution < 1.29 is 9.53 Å². The maximum atomic E-state index is 13.4. The van der Waals surface area contributed by atoms with Crippen LogP contribution < -0.4 is 9.75 Å². The van der Waals surface area contributed by atoms with Crippen LogP contribution in [-0.4, -0.2) is 47.5 Å². The van der Waals surface area contributed by atoms with Gasteiger partial charge in [-0.25, -0.2) is 9.99 Å². The Morgan fingerprint density at radius 3 is 2.71 bits per heavy atom. The van der Waals surface area contributed by atoms with E-state index in [1.54, 1.807) is 19.5 Å². The minimum atomic E-state index is 0.0102. The number of ketones is 1. The number of nitrogens with zero attached hydrogens (tertiary/aromatic N) is 4. The maximum Gasteiger partial charge on any atom is 0.199 e. The first-order valence-corrected chi connectivity index (χ1v) is 9.76. The van der Waals surface area contributed by atoms with Gasteiger partial charge >= 0.3 is 0 Å². The Balaban J connectivity index is 1.83. The third-order valence-electron chi connectivity index (χ3n) is 5.70. The van der Waals surface area contributed by atoms with Crippen molar-refractivity contribution in [3.05, 3.63) is 47.8 Å². The summed E-state index contributed by atoms with van der Waals surface area (Å²) in [5, 5.41) is 5.45. The normalized spacial score (nSPS) is 15.7. The van der Waals surface area contributed by atoms with E-state index >= 15 is 0 Å². The molecule has 28 heavy (non-hydrogen) atoms. The molecule has 5 rings (SSSR count). The second kappa shape index (κ2) is 6.56. The molecule has 0 radical (unpaired) electrons. The van der Waals surface area contributed by atoms with Crippen molar-refractivity contribution in [2.45, 2.75) is 19.8 Å². The summed E-state index contributed by atoms with van der Waals surface area (Å²) >= 11 is 0. The Bertz CT molecular complexity index is 1090. The molecular weight excluding hydrogens is 352 g/mol. The zero-order chi connectivity index (χ0) is 19.3. The molecule has 6 nitrogen and oxygen atoms in total. The fourth-order valence-electron chi connectivity index (χ4n) is 4.39. The Kier molecular flexibility index (Phi) is 4.02. The summed E-state index contributed by atoms with van der Waals surface area (Å²) in [6, 6.07) is 7.80. The number of pyridine rings is 2. The zero-order valence-electron chi connectivity index (χ0n) is 16.1. The highest BCUT2D eigenvalue weighted by Crippen LogP contribution is 2.45. The Hall–Kier alpha value is -2.99. The molecule has 1 fully saturated rings. The van der Waals surface area contributed by atoms with Crippen LogP contribution in [0.4, 0.5) is 5.82 Å². The van der Waals surface area contributed by atoms with Crippen LogP contribution in [0, 0.1) is 0 Å². The average Bonchev–Trinajstić information content (AvgIpc) is 3.36. The summed E-state index contributed by atoms with van der Waals surface area (Å²) in [5.74, 6) is 1.51. The summed E-state index contributed by atoms with van der Waals surface area (Å²) in [4.78, 5) is 22.5. The highest BCUT2D eigenvalue weighted by Gasteiger charge is 2.35. The van der Waals surface area contributed by atoms with Crippen LogP contribution in [0.25, 0.3) is 22.0 Å². The molecule has 0 bridgehead atoms. The number of hydrogen-bond donors (Lipinski definition) is 0. The number of carbonyl (C=O) groups excluding carboxylic acids is 1. The number of benzene rings is 1. The predicted molar refractivity (Wildman–Crippen MR) is 109 cm³/mol. The lowest BCUT2D eigenvalue weighted by atomic mass is 10.0. The smallest absolute Gasteiger partial charge is 0.199 e. The van der Waals surface area contributed by atoms with E-state index in [0.717, 1.165) is 66.1 Å². The summed E-state index contributed by atoms with van der Waals surface area (Å²) in [6.45, 7) is 4.85. The molecule has 6 heteroatoms. The van der Waals surface area contributed by atoms with Crippen molar-refractivity contribution in [3.8, 4) is 16.9 Å². The van der Waals surface area contributed by atoms with Crippen molar-refractivity contribution in [3.63, 3.8) is 0 Å². The molecule has 0 N–H and O–H groups in total. The van der Waals surface area contributed by atoms with Crippen LogP contribution in [0.15, 0.2) is 36.7 Å². The number of fused-ring (bicyclic) bond motifs is 5. The molecule has 0 atom stereocenters. The van der Waals surface area contributed by atoms with E-state index in [9.17, 15) is 4.79 Å². The zero-order valence-corrected chi connectivity index (χ0v) is 16.1. The Labute approximate surface area is 163 Å². The fraction of sp³-hybridized carbons (Fsp3) is 0.318. The van der Waals surface area contributed by atoms with Gasteiger partial charge in [-0.05, 0) is 43.5 Å². The highest BCUT2D eigenvalue weighted by molar-refractivity contribution is 6.27. The molecular formula is C22H22N4O2. The van der Waals surface area contributed by atoms with Gasteiger partial charge in [0.1, 0.15) is 5.75 Å². The van der Waals surface area contributed by atoms with Gasteiger partial charge in [0.25, 0.3) is 0 Å². The molecule has 2 aliphatic rings. The van der Waals surface area contributed by atoms with Crippen molar-refractivity contribution in [1.82, 2.24) is 15.0 Å². The van der Waals surface area contributed by atoms with Gasteiger partial charge in [-0.3, -0.25) is 14.8 Å². The molecule has 0 saturated carbocycles. The summed E-state index contributed by atoms with van der Waals surface area (Å²) in [7, 11) is 1.66. The van der Waals surface area contributed by atoms with E-state index in [4.69, 9.17) is 9.72 Å². The van der Waals surface area contributed by atoms with Crippen LogP contribution >= 0.6 is 0 Å². The van der Waals surface area contributed by atoms with Gasteiger partial charge in [-0.1, -0.05) is 0 Å². The van der Waals surface area contributed by atoms with E-state index in [1.807, 2.05) is 24.3 Å². The van der Waals surface area contributed by atoms with Crippen molar-refractivity contribution in [2.24, 2.45) is 0 Å². The predicted octanol–water partition coefficient (Wildman–Crippen LogP) is 3.69. The molecule has 1 aliphatic carbocycles. The average molecular weight is 374 g/mol. The van der Waals surface area contributed by atoms with E-state index in [1.165, 1.54) is 0 Å². The van der Waals surface area contributed by atoms with Gasteiger partial charge in [0, 0.05) is 54.6 Å². The monoisotopic (exact) mass is 374 g/mol. The summed E-state index contributed by atoms with van der Waals surface area (Å²) in [6.07, 6.45) is 5.74. The van der Waals surface area contributed by atoms with E-state index in [0.29, 0.717) is 11.1 Å². The van der Waals surface area contributed by atoms with Crippen molar-refractivity contribution in [2.75, 3.05) is 31.8 Å². The van der Waals surface area contributed by atoms with Crippen LogP contribution in [0.1, 0.15) is 35.7 Å². The van der Waals surface area contributed by atoms with Crippen molar-refractivity contribution >= 4 is 22.5 Å². The van der Waals surface area contributed by atoms with E-state index < -0.39 is 0 Å². The van der Waals surface area contributed by atoms with Gasteiger partial charge in [0.05, 0.1) is 18.2 Å². The van der Waals surface area contributed by atoms with Gasteiger partial charge in [0.15, 0.2) is 11.6 Å². The number of carbonyl (C=O) groups is 1. The first kappa shape index (κ1) is 17.1. The largest absolute Gasteiger partial charge is 0.497 e. The lowest BCUT2D eigenvalue weighted by molar-refractivity contribution is 0.104. The number of rotatable bonds is 4. The maximum absolute atomic E-state index is 13.4. The molecule has 2 aromatic heterocycles. The number of aromatic nitrogens is 2. The van der Waals surface area contributed by atoms with Gasteiger partial charge in [-0.2, -0.15) is 0 Å². The topological polar surface area (TPSA) is 58.6 Å². The summed E-state index contributed by atoms with van der Waals surface area (Å²) < 4.78 is 5.42. The number of hydrogen-bond acceptors (Lipinski definition) is 6. The molecule has 0 amide bonds. The van der Waals surface area contributed by atoms with Crippen LogP contribution in [0.5, 0.6) is 5.75 Å². The quantitative estimate of drug-likeness (QED) is 0.543. The Morgan fingerprint density at radius 2 is 1.96 bits per heavy atom. The number of methoxy groups -OCH3 is 1. The minimum absolute atomic E-state index is 0.0102. The van der Waals surface area contributed by atoms with Crippen LogP contribution in [0.2, 0.25) is 0 Å². The molecule has 1 saturated heterocycles. The molecule has 142 valence electrons. The third-order valence-corrected chi connectivity index (χ3v) is 5.70. The van der Waals surface area contributed by atoms with Crippen LogP contribution in [-0.2, 0) is 0 Å². The molecule has 3 heterocycles. The van der Waals surface area contributed by atoms with Gasteiger partial charge in [-0.15, -0.1) is 0 Å². The first-order valence-electron chi connectivity index (χ1n) is 9.76. The molecule has 1 aliphatic heterocycles. The number of ether oxygens (including phenoxy) is 1. The number of anilines is 1. The third kappa shape index (κ3) is 2.41. The summed E-state index contributed by atoms with van der Waals surface area (Å²) in [5.41, 5.74) is 4.08. The second-order valence-electron chi connectivity index (χ2n) is 7.20. The minimum Gasteiger partial charge on any atom is -0.497 e. The second-order valence-corrected chi connectivity index (χ2v) is 7.20. The number of hydrazine groups is 1. The molecule has 0 spiro atoms. The first-order chi connectivity index (χ1) is 13.7. The van der Waals surface area contributed by atoms with Gasteiger partial charge in [0.2, 0.25) is 0 Å². The Morgan fingerprint density at radius 1 is 1.14 bits per heavy atom. The SMILES string of the molecule is CCN(c1nc2cc(OC)ccc2c2c1C(=O)c1cnccc1-2)N1CCCC1. The van der Waals surface area contributed by atoms with E-state index in [2.05, 4.69) is 21.9 Å². The standard InChI is InChI=1S/C22H22N4O2/c1-3-26(25-10-4-5-11-25)22-20-19(15-8-9-23-13-17(15)21(20)27)16-7-6-14(28-2)12-18(16)24-22/h6-9,12-13H,3-5,10-11H2,1-2H3. The van der Waals surface area contributed by atoms with E-state index in [-0.39, 0.29) is 5.78 Å².